The van der Waals surface area contributed by atoms with Crippen LogP contribution in [0.25, 0.3) is 0 Å². The molecule has 2 aromatic carbocycles. The Balaban J connectivity index is 1.90. The monoisotopic (exact) mass is 450 g/mol. The van der Waals surface area contributed by atoms with E-state index in [9.17, 15) is 38.0 Å². The molecule has 1 aliphatic heterocycles. The van der Waals surface area contributed by atoms with Gasteiger partial charge < -0.3 is 14.7 Å². The molecule has 1 N–H and O–H groups in total. The number of hydrogen-bond donors (Lipinski definition) is 1. The summed E-state index contributed by atoms with van der Waals surface area (Å²) in [7, 11) is 1.37. The first-order valence-corrected chi connectivity index (χ1v) is 9.52. The van der Waals surface area contributed by atoms with Crippen LogP contribution >= 0.6 is 0 Å². The number of methoxy groups -OCH3 is 1. The average Bonchev–Trinajstić information content (AvgIpc) is 3.18. The number of rotatable bonds is 3. The molecule has 1 heterocycles. The minimum atomic E-state index is -4.72. The van der Waals surface area contributed by atoms with Gasteiger partial charge in [0, 0.05) is 17.4 Å². The Morgan fingerprint density at radius 2 is 1.88 bits per heavy atom. The minimum absolute atomic E-state index is 0.0564. The molecule has 168 valence electrons. The van der Waals surface area contributed by atoms with Gasteiger partial charge in [-0.2, -0.15) is 13.2 Å². The maximum atomic E-state index is 13.3. The number of Topliss-reactive ketones (excluding diaryl/α,β-unsaturated/α-hetero) is 1. The molecule has 0 fully saturated rings. The van der Waals surface area contributed by atoms with Crippen molar-refractivity contribution in [3.8, 4) is 5.75 Å². The number of benzene rings is 2. The summed E-state index contributed by atoms with van der Waals surface area (Å²) in [5.74, 6) is -2.47. The summed E-state index contributed by atoms with van der Waals surface area (Å²) < 4.78 is 44.7. The molecule has 1 amide bonds. The van der Waals surface area contributed by atoms with E-state index in [1.165, 1.54) is 25.3 Å². The quantitative estimate of drug-likeness (QED) is 0.569. The Bertz CT molecular complexity index is 1150. The number of fused-ring (bicyclic) bond motifs is 2. The molecule has 1 aliphatic carbocycles. The molecular formula is C21H17F3N2O6. The van der Waals surface area contributed by atoms with Gasteiger partial charge in [-0.1, -0.05) is 6.07 Å². The number of anilines is 1. The molecule has 0 radical (unpaired) electrons. The van der Waals surface area contributed by atoms with Crippen LogP contribution in [0.3, 0.4) is 0 Å². The van der Waals surface area contributed by atoms with Crippen LogP contribution in [0.2, 0.25) is 0 Å². The molecule has 0 bridgehead atoms. The fraction of sp³-hybridized carbons (Fsp3) is 0.333. The SMILES string of the molecule is COc1ccc2c(c1)[C@H](O)[C@H]([N+](=O)[O-])[C@H]2[C@H]1C(=O)c2cc(C(F)(F)F)ccc2N1C(C)=O. The van der Waals surface area contributed by atoms with Crippen LogP contribution in [-0.4, -0.2) is 40.9 Å². The van der Waals surface area contributed by atoms with Crippen molar-refractivity contribution in [3.63, 3.8) is 0 Å². The van der Waals surface area contributed by atoms with Crippen LogP contribution in [0.4, 0.5) is 18.9 Å². The second-order valence-electron chi connectivity index (χ2n) is 7.67. The zero-order valence-electron chi connectivity index (χ0n) is 16.8. The zero-order chi connectivity index (χ0) is 23.5. The highest BCUT2D eigenvalue weighted by molar-refractivity contribution is 6.18. The van der Waals surface area contributed by atoms with Crippen molar-refractivity contribution in [2.75, 3.05) is 12.0 Å². The third-order valence-electron chi connectivity index (χ3n) is 5.98. The van der Waals surface area contributed by atoms with E-state index in [1.807, 2.05) is 0 Å². The number of aliphatic hydroxyl groups is 1. The first-order valence-electron chi connectivity index (χ1n) is 9.52. The Morgan fingerprint density at radius 1 is 1.19 bits per heavy atom. The van der Waals surface area contributed by atoms with Gasteiger partial charge in [-0.3, -0.25) is 19.7 Å². The van der Waals surface area contributed by atoms with Crippen LogP contribution < -0.4 is 9.64 Å². The summed E-state index contributed by atoms with van der Waals surface area (Å²) in [4.78, 5) is 37.9. The summed E-state index contributed by atoms with van der Waals surface area (Å²) in [6.07, 6.45) is -6.32. The van der Waals surface area contributed by atoms with Crippen LogP contribution in [0.1, 0.15) is 46.0 Å². The molecular weight excluding hydrogens is 433 g/mol. The lowest BCUT2D eigenvalue weighted by atomic mass is 9.86. The molecule has 0 unspecified atom stereocenters. The standard InChI is InChI=1S/C21H17F3N2O6/c1-9(27)25-15-6-3-10(21(22,23)24)7-14(15)20(29)17(25)16-12-5-4-11(32-2)8-13(12)19(28)18(16)26(30)31/h3-8,16-19,28H,1-2H3/t16-,17+,18-,19+/m1/s1. The number of nitrogens with zero attached hydrogens (tertiary/aromatic N) is 2. The number of ether oxygens (including phenoxy) is 1. The van der Waals surface area contributed by atoms with E-state index in [2.05, 4.69) is 0 Å². The average molecular weight is 450 g/mol. The van der Waals surface area contributed by atoms with E-state index in [0.717, 1.165) is 24.0 Å². The van der Waals surface area contributed by atoms with Gasteiger partial charge in [-0.25, -0.2) is 0 Å². The zero-order valence-corrected chi connectivity index (χ0v) is 16.8. The van der Waals surface area contributed by atoms with Crippen molar-refractivity contribution in [3.05, 3.63) is 68.8 Å². The number of alkyl halides is 3. The van der Waals surface area contributed by atoms with Crippen molar-refractivity contribution in [2.45, 2.75) is 37.2 Å². The van der Waals surface area contributed by atoms with Crippen LogP contribution in [-0.2, 0) is 11.0 Å². The van der Waals surface area contributed by atoms with Gasteiger partial charge >= 0.3 is 6.18 Å². The Hall–Kier alpha value is -3.47. The first-order chi connectivity index (χ1) is 15.0. The van der Waals surface area contributed by atoms with Gasteiger partial charge in [0.05, 0.1) is 24.3 Å². The van der Waals surface area contributed by atoms with E-state index in [1.54, 1.807) is 0 Å². The number of aliphatic hydroxyl groups excluding tert-OH is 1. The normalized spacial score (nSPS) is 24.3. The molecule has 0 aromatic heterocycles. The highest BCUT2D eigenvalue weighted by Crippen LogP contribution is 2.50. The minimum Gasteiger partial charge on any atom is -0.497 e. The van der Waals surface area contributed by atoms with E-state index in [-0.39, 0.29) is 22.4 Å². The molecule has 0 saturated carbocycles. The number of hydrogen-bond acceptors (Lipinski definition) is 6. The second kappa shape index (κ2) is 7.30. The van der Waals surface area contributed by atoms with E-state index < -0.39 is 52.5 Å². The van der Waals surface area contributed by atoms with Crippen LogP contribution in [0.15, 0.2) is 36.4 Å². The lowest BCUT2D eigenvalue weighted by molar-refractivity contribution is -0.537. The topological polar surface area (TPSA) is 110 Å². The van der Waals surface area contributed by atoms with Gasteiger partial charge in [-0.05, 0) is 41.5 Å². The molecule has 8 nitrogen and oxygen atoms in total. The van der Waals surface area contributed by atoms with Crippen molar-refractivity contribution in [1.29, 1.82) is 0 Å². The molecule has 2 aromatic rings. The molecule has 0 saturated heterocycles. The molecule has 0 spiro atoms. The lowest BCUT2D eigenvalue weighted by Crippen LogP contribution is -2.47. The van der Waals surface area contributed by atoms with Crippen LogP contribution in [0, 0.1) is 10.1 Å². The predicted octanol–water partition coefficient (Wildman–Crippen LogP) is 3.11. The van der Waals surface area contributed by atoms with Gasteiger partial charge in [0.1, 0.15) is 17.9 Å². The van der Waals surface area contributed by atoms with E-state index in [0.29, 0.717) is 11.8 Å². The second-order valence-corrected chi connectivity index (χ2v) is 7.67. The fourth-order valence-corrected chi connectivity index (χ4v) is 4.64. The summed E-state index contributed by atoms with van der Waals surface area (Å²) >= 11 is 0. The number of carbonyl (C=O) groups is 2. The number of nitro groups is 1. The predicted molar refractivity (Wildman–Crippen MR) is 104 cm³/mol. The summed E-state index contributed by atoms with van der Waals surface area (Å²) in [6.45, 7) is 1.12. The Labute approximate surface area is 179 Å². The van der Waals surface area contributed by atoms with Gasteiger partial charge in [-0.15, -0.1) is 0 Å². The summed E-state index contributed by atoms with van der Waals surface area (Å²) in [5, 5.41) is 22.6. The molecule has 2 aliphatic rings. The number of amides is 1. The van der Waals surface area contributed by atoms with Crippen molar-refractivity contribution in [1.82, 2.24) is 0 Å². The smallest absolute Gasteiger partial charge is 0.416 e. The van der Waals surface area contributed by atoms with Crippen molar-refractivity contribution >= 4 is 17.4 Å². The van der Waals surface area contributed by atoms with Crippen LogP contribution in [0.5, 0.6) is 5.75 Å². The molecule has 11 heteroatoms. The van der Waals surface area contributed by atoms with E-state index in [4.69, 9.17) is 4.74 Å². The number of ketones is 1. The number of carbonyl (C=O) groups excluding carboxylic acids is 2. The maximum absolute atomic E-state index is 13.3. The molecule has 32 heavy (non-hydrogen) atoms. The summed E-state index contributed by atoms with van der Waals surface area (Å²) in [5.41, 5.74) is -1.05. The lowest BCUT2D eigenvalue weighted by Gasteiger charge is -2.29. The van der Waals surface area contributed by atoms with E-state index >= 15 is 0 Å². The summed E-state index contributed by atoms with van der Waals surface area (Å²) in [6, 6.07) is 3.60. The highest BCUT2D eigenvalue weighted by Gasteiger charge is 2.58. The van der Waals surface area contributed by atoms with Gasteiger partial charge in [0.2, 0.25) is 5.91 Å². The third-order valence-corrected chi connectivity index (χ3v) is 5.98. The number of halogens is 3. The molecule has 4 atom stereocenters. The van der Waals surface area contributed by atoms with Gasteiger partial charge in [0.15, 0.2) is 5.78 Å². The van der Waals surface area contributed by atoms with Crippen molar-refractivity contribution < 1.29 is 37.5 Å². The fourth-order valence-electron chi connectivity index (χ4n) is 4.64. The largest absolute Gasteiger partial charge is 0.497 e. The Kier molecular flexibility index (Phi) is 4.96. The third kappa shape index (κ3) is 3.11. The Morgan fingerprint density at radius 3 is 2.44 bits per heavy atom. The molecule has 4 rings (SSSR count). The van der Waals surface area contributed by atoms with Crippen molar-refractivity contribution in [2.24, 2.45) is 0 Å². The van der Waals surface area contributed by atoms with Gasteiger partial charge in [0.25, 0.3) is 6.04 Å². The first kappa shape index (κ1) is 21.8. The maximum Gasteiger partial charge on any atom is 0.416 e. The highest BCUT2D eigenvalue weighted by atomic mass is 19.4.